The number of hydrogen-bond donors (Lipinski definition) is 0. The first-order chi connectivity index (χ1) is 17.1. The molecule has 6 aromatic rings. The Bertz CT molecular complexity index is 1780. The van der Waals surface area contributed by atoms with Gasteiger partial charge in [0.2, 0.25) is 0 Å². The van der Waals surface area contributed by atoms with Gasteiger partial charge in [0.1, 0.15) is 7.14 Å². The first-order valence-electron chi connectivity index (χ1n) is 12.0. The summed E-state index contributed by atoms with van der Waals surface area (Å²) in [6.45, 7) is 1.91. The molecule has 1 aliphatic heterocycles. The van der Waals surface area contributed by atoms with E-state index in [0.717, 1.165) is 27.3 Å². The fraction of sp³-hybridized carbons (Fsp3) is 0.0303. The molecular formula is C33H23OP. The van der Waals surface area contributed by atoms with E-state index in [1.165, 1.54) is 38.2 Å². The Morgan fingerprint density at radius 3 is 1.57 bits per heavy atom. The van der Waals surface area contributed by atoms with Gasteiger partial charge in [-0.05, 0) is 67.7 Å². The molecule has 166 valence electrons. The first-order valence-corrected chi connectivity index (χ1v) is 14.1. The fourth-order valence-corrected chi connectivity index (χ4v) is 8.15. The summed E-state index contributed by atoms with van der Waals surface area (Å²) in [5.74, 6) is 0. The van der Waals surface area contributed by atoms with Crippen LogP contribution in [0.15, 0.2) is 121 Å². The van der Waals surface area contributed by atoms with E-state index >= 15 is 0 Å². The van der Waals surface area contributed by atoms with Gasteiger partial charge in [-0.25, -0.2) is 0 Å². The summed E-state index contributed by atoms with van der Waals surface area (Å²) in [6.07, 6.45) is 0. The Labute approximate surface area is 205 Å². The fourth-order valence-electron chi connectivity index (χ4n) is 5.83. The number of rotatable bonds is 2. The standard InChI is InChI=1S/C33H23OP/c1-35(34)30-18-10-9-13-24(30)25-20-19-23(21-31(25)35)33-28-16-7-5-14-26(28)32(22-11-3-2-4-12-22)27-15-6-8-17-29(27)33/h2-21H,1H3. The van der Waals surface area contributed by atoms with Crippen molar-refractivity contribution < 1.29 is 4.57 Å². The lowest BCUT2D eigenvalue weighted by atomic mass is 9.86. The topological polar surface area (TPSA) is 17.1 Å². The molecule has 0 N–H and O–H groups in total. The van der Waals surface area contributed by atoms with Crippen LogP contribution >= 0.6 is 7.14 Å². The van der Waals surface area contributed by atoms with Crippen LogP contribution in [0.4, 0.5) is 0 Å². The second-order valence-corrected chi connectivity index (χ2v) is 12.2. The molecule has 7 rings (SSSR count). The summed E-state index contributed by atoms with van der Waals surface area (Å²) in [6, 6.07) is 42.7. The Balaban J connectivity index is 1.58. The summed E-state index contributed by atoms with van der Waals surface area (Å²) in [5, 5.41) is 6.84. The summed E-state index contributed by atoms with van der Waals surface area (Å²) < 4.78 is 14.0. The van der Waals surface area contributed by atoms with Crippen molar-refractivity contribution in [1.29, 1.82) is 0 Å². The number of hydrogen-bond acceptors (Lipinski definition) is 1. The quantitative estimate of drug-likeness (QED) is 0.185. The van der Waals surface area contributed by atoms with Crippen LogP contribution in [0.1, 0.15) is 0 Å². The first kappa shape index (κ1) is 20.4. The molecule has 0 bridgehead atoms. The lowest BCUT2D eigenvalue weighted by Gasteiger charge is -2.18. The maximum Gasteiger partial charge on any atom is 0.141 e. The molecule has 0 aromatic heterocycles. The molecule has 0 amide bonds. The third-order valence-electron chi connectivity index (χ3n) is 7.39. The highest BCUT2D eigenvalue weighted by Gasteiger charge is 2.34. The minimum absolute atomic E-state index is 0.969. The van der Waals surface area contributed by atoms with Gasteiger partial charge in [-0.2, -0.15) is 0 Å². The molecule has 1 heterocycles. The summed E-state index contributed by atoms with van der Waals surface area (Å²) in [4.78, 5) is 0. The molecular weight excluding hydrogens is 443 g/mol. The molecule has 1 atom stereocenters. The Morgan fingerprint density at radius 2 is 0.943 bits per heavy atom. The van der Waals surface area contributed by atoms with Gasteiger partial charge in [0.05, 0.1) is 0 Å². The molecule has 1 nitrogen and oxygen atoms in total. The second kappa shape index (κ2) is 7.54. The summed E-state index contributed by atoms with van der Waals surface area (Å²) in [5.41, 5.74) is 7.00. The van der Waals surface area contributed by atoms with Crippen LogP contribution in [0, 0.1) is 0 Å². The monoisotopic (exact) mass is 466 g/mol. The van der Waals surface area contributed by atoms with E-state index in [4.69, 9.17) is 0 Å². The van der Waals surface area contributed by atoms with Crippen LogP contribution in [-0.4, -0.2) is 6.66 Å². The molecule has 0 radical (unpaired) electrons. The Kier molecular flexibility index (Phi) is 4.40. The van der Waals surface area contributed by atoms with E-state index in [-0.39, 0.29) is 0 Å². The van der Waals surface area contributed by atoms with Crippen LogP contribution in [0.5, 0.6) is 0 Å². The number of fused-ring (bicyclic) bond motifs is 5. The highest BCUT2D eigenvalue weighted by Crippen LogP contribution is 2.51. The second-order valence-electron chi connectivity index (χ2n) is 9.38. The molecule has 0 aliphatic carbocycles. The largest absolute Gasteiger partial charge is 0.314 e. The van der Waals surface area contributed by atoms with Gasteiger partial charge in [-0.1, -0.05) is 115 Å². The molecule has 2 heteroatoms. The van der Waals surface area contributed by atoms with Gasteiger partial charge in [-0.15, -0.1) is 0 Å². The van der Waals surface area contributed by atoms with Crippen molar-refractivity contribution in [3.63, 3.8) is 0 Å². The van der Waals surface area contributed by atoms with Crippen molar-refractivity contribution in [3.8, 4) is 33.4 Å². The van der Waals surface area contributed by atoms with Gasteiger partial charge in [-0.3, -0.25) is 0 Å². The van der Waals surface area contributed by atoms with E-state index in [0.29, 0.717) is 0 Å². The van der Waals surface area contributed by atoms with E-state index in [2.05, 4.69) is 103 Å². The molecule has 0 saturated carbocycles. The minimum atomic E-state index is -2.65. The highest BCUT2D eigenvalue weighted by molar-refractivity contribution is 7.79. The molecule has 6 aromatic carbocycles. The van der Waals surface area contributed by atoms with E-state index in [1.54, 1.807) is 0 Å². The smallest absolute Gasteiger partial charge is 0.141 e. The molecule has 0 saturated heterocycles. The van der Waals surface area contributed by atoms with Crippen molar-refractivity contribution >= 4 is 39.3 Å². The minimum Gasteiger partial charge on any atom is -0.314 e. The number of benzene rings is 6. The van der Waals surface area contributed by atoms with Gasteiger partial charge in [0.25, 0.3) is 0 Å². The molecule has 1 aliphatic rings. The van der Waals surface area contributed by atoms with Crippen molar-refractivity contribution in [2.75, 3.05) is 6.66 Å². The zero-order chi connectivity index (χ0) is 23.6. The average molecular weight is 467 g/mol. The van der Waals surface area contributed by atoms with Gasteiger partial charge in [0.15, 0.2) is 0 Å². The highest BCUT2D eigenvalue weighted by atomic mass is 31.2. The Morgan fingerprint density at radius 1 is 0.457 bits per heavy atom. The van der Waals surface area contributed by atoms with Crippen molar-refractivity contribution in [2.24, 2.45) is 0 Å². The van der Waals surface area contributed by atoms with Crippen LogP contribution in [-0.2, 0) is 4.57 Å². The lowest BCUT2D eigenvalue weighted by molar-refractivity contribution is 0.591. The predicted octanol–water partition coefficient (Wildman–Crippen LogP) is 8.25. The van der Waals surface area contributed by atoms with Crippen molar-refractivity contribution in [3.05, 3.63) is 121 Å². The average Bonchev–Trinajstić information content (AvgIpc) is 3.14. The molecule has 0 fully saturated rings. The third-order valence-corrected chi connectivity index (χ3v) is 9.99. The van der Waals surface area contributed by atoms with E-state index in [1.807, 2.05) is 24.9 Å². The van der Waals surface area contributed by atoms with Gasteiger partial charge < -0.3 is 4.57 Å². The summed E-state index contributed by atoms with van der Waals surface area (Å²) >= 11 is 0. The van der Waals surface area contributed by atoms with Crippen LogP contribution < -0.4 is 10.6 Å². The van der Waals surface area contributed by atoms with E-state index in [9.17, 15) is 4.57 Å². The van der Waals surface area contributed by atoms with Gasteiger partial charge in [0, 0.05) is 10.6 Å². The van der Waals surface area contributed by atoms with Crippen LogP contribution in [0.2, 0.25) is 0 Å². The zero-order valence-corrected chi connectivity index (χ0v) is 20.3. The van der Waals surface area contributed by atoms with Gasteiger partial charge >= 0.3 is 0 Å². The third kappa shape index (κ3) is 2.92. The van der Waals surface area contributed by atoms with Crippen LogP contribution in [0.3, 0.4) is 0 Å². The normalized spacial score (nSPS) is 16.4. The maximum atomic E-state index is 14.0. The molecule has 1 unspecified atom stereocenters. The molecule has 35 heavy (non-hydrogen) atoms. The van der Waals surface area contributed by atoms with Crippen LogP contribution in [0.25, 0.3) is 54.9 Å². The maximum absolute atomic E-state index is 14.0. The van der Waals surface area contributed by atoms with Crippen molar-refractivity contribution in [1.82, 2.24) is 0 Å². The SMILES string of the molecule is CP1(=O)c2ccccc2-c2ccc(-c3c4ccccc4c(-c4ccccc4)c4ccccc34)cc21. The van der Waals surface area contributed by atoms with E-state index < -0.39 is 7.14 Å². The predicted molar refractivity (Wildman–Crippen MR) is 151 cm³/mol. The summed E-state index contributed by atoms with van der Waals surface area (Å²) in [7, 11) is -2.65. The van der Waals surface area contributed by atoms with Crippen molar-refractivity contribution in [2.45, 2.75) is 0 Å². The Hall–Kier alpha value is -3.93. The zero-order valence-electron chi connectivity index (χ0n) is 19.4. The lowest BCUT2D eigenvalue weighted by Crippen LogP contribution is -2.08. The molecule has 0 spiro atoms.